The van der Waals surface area contributed by atoms with Crippen molar-refractivity contribution in [3.8, 4) is 0 Å². The predicted molar refractivity (Wildman–Crippen MR) is 90.2 cm³/mol. The van der Waals surface area contributed by atoms with Gasteiger partial charge >= 0.3 is 0 Å². The molecule has 3 rings (SSSR count). The highest BCUT2D eigenvalue weighted by molar-refractivity contribution is 7.17. The molecule has 23 heavy (non-hydrogen) atoms. The molecular weight excluding hydrogens is 312 g/mol. The van der Waals surface area contributed by atoms with Gasteiger partial charge in [0.1, 0.15) is 5.00 Å². The molecule has 0 saturated carbocycles. The topological polar surface area (TPSA) is 71.3 Å². The number of carbonyl (C=O) groups excluding carboxylic acids is 2. The molecule has 6 heteroatoms. The second-order valence-corrected chi connectivity index (χ2v) is 6.45. The second kappa shape index (κ2) is 6.83. The molecule has 0 radical (unpaired) electrons. The van der Waals surface area contributed by atoms with Gasteiger partial charge in [0, 0.05) is 11.4 Å². The zero-order chi connectivity index (χ0) is 16.2. The Morgan fingerprint density at radius 3 is 2.87 bits per heavy atom. The molecule has 0 aromatic carbocycles. The molecule has 2 amide bonds. The van der Waals surface area contributed by atoms with Gasteiger partial charge in [-0.05, 0) is 43.4 Å². The van der Waals surface area contributed by atoms with Crippen molar-refractivity contribution in [3.05, 3.63) is 52.8 Å². The number of fused-ring (bicyclic) bond motifs is 1. The van der Waals surface area contributed by atoms with E-state index in [4.69, 9.17) is 4.42 Å². The summed E-state index contributed by atoms with van der Waals surface area (Å²) in [5, 5.41) is 6.23. The van der Waals surface area contributed by atoms with Crippen molar-refractivity contribution in [2.45, 2.75) is 25.7 Å². The first kappa shape index (κ1) is 15.6. The van der Waals surface area contributed by atoms with Gasteiger partial charge in [0.2, 0.25) is 0 Å². The first-order chi connectivity index (χ1) is 11.2. The van der Waals surface area contributed by atoms with E-state index in [0.29, 0.717) is 17.1 Å². The lowest BCUT2D eigenvalue weighted by Crippen LogP contribution is -2.25. The van der Waals surface area contributed by atoms with Crippen LogP contribution in [0.2, 0.25) is 0 Å². The number of furan rings is 1. The summed E-state index contributed by atoms with van der Waals surface area (Å²) >= 11 is 1.49. The zero-order valence-corrected chi connectivity index (χ0v) is 13.5. The van der Waals surface area contributed by atoms with Crippen LogP contribution in [0.5, 0.6) is 0 Å². The van der Waals surface area contributed by atoms with Gasteiger partial charge in [0.05, 0.1) is 11.8 Å². The maximum Gasteiger partial charge on any atom is 0.291 e. The average Bonchev–Trinajstić information content (AvgIpc) is 3.19. The Morgan fingerprint density at radius 2 is 2.13 bits per heavy atom. The van der Waals surface area contributed by atoms with Crippen molar-refractivity contribution in [2.75, 3.05) is 11.9 Å². The molecule has 120 valence electrons. The van der Waals surface area contributed by atoms with Crippen molar-refractivity contribution in [2.24, 2.45) is 0 Å². The molecule has 2 aromatic heterocycles. The van der Waals surface area contributed by atoms with Crippen LogP contribution in [-0.2, 0) is 12.8 Å². The van der Waals surface area contributed by atoms with Crippen molar-refractivity contribution in [1.82, 2.24) is 5.32 Å². The summed E-state index contributed by atoms with van der Waals surface area (Å²) in [6.45, 7) is 4.01. The molecule has 0 saturated heterocycles. The summed E-state index contributed by atoms with van der Waals surface area (Å²) < 4.78 is 5.11. The fourth-order valence-electron chi connectivity index (χ4n) is 2.72. The summed E-state index contributed by atoms with van der Waals surface area (Å²) in [7, 11) is 0. The molecule has 2 N–H and O–H groups in total. The lowest BCUT2D eigenvalue weighted by atomic mass is 9.95. The van der Waals surface area contributed by atoms with Crippen LogP contribution in [0.1, 0.15) is 44.2 Å². The molecule has 2 heterocycles. The van der Waals surface area contributed by atoms with E-state index in [1.165, 1.54) is 22.5 Å². The van der Waals surface area contributed by atoms with Crippen LogP contribution in [0.3, 0.4) is 0 Å². The van der Waals surface area contributed by atoms with E-state index in [2.05, 4.69) is 17.2 Å². The lowest BCUT2D eigenvalue weighted by molar-refractivity contribution is 0.0958. The van der Waals surface area contributed by atoms with Gasteiger partial charge in [0.25, 0.3) is 11.8 Å². The lowest BCUT2D eigenvalue weighted by Gasteiger charge is -2.12. The highest BCUT2D eigenvalue weighted by Gasteiger charge is 2.26. The Hall–Kier alpha value is -2.34. The minimum atomic E-state index is -0.341. The third kappa shape index (κ3) is 3.22. The van der Waals surface area contributed by atoms with Crippen molar-refractivity contribution < 1.29 is 14.0 Å². The van der Waals surface area contributed by atoms with Crippen LogP contribution in [-0.4, -0.2) is 18.4 Å². The maximum atomic E-state index is 12.5. The van der Waals surface area contributed by atoms with Crippen LogP contribution in [0, 0.1) is 0 Å². The fourth-order valence-corrected chi connectivity index (χ4v) is 4.00. The van der Waals surface area contributed by atoms with Gasteiger partial charge in [-0.1, -0.05) is 6.08 Å². The van der Waals surface area contributed by atoms with Gasteiger partial charge in [-0.2, -0.15) is 0 Å². The quantitative estimate of drug-likeness (QED) is 0.826. The summed E-state index contributed by atoms with van der Waals surface area (Å²) in [5.41, 5.74) is 1.66. The number of hydrogen-bond donors (Lipinski definition) is 2. The Balaban J connectivity index is 1.91. The maximum absolute atomic E-state index is 12.5. The number of amides is 2. The number of rotatable bonds is 5. The predicted octanol–water partition coefficient (Wildman–Crippen LogP) is 3.39. The van der Waals surface area contributed by atoms with Gasteiger partial charge in [-0.3, -0.25) is 9.59 Å². The van der Waals surface area contributed by atoms with Crippen LogP contribution in [0.4, 0.5) is 5.00 Å². The zero-order valence-electron chi connectivity index (χ0n) is 12.7. The molecular formula is C17H18N2O3S. The normalized spacial score (nSPS) is 13.2. The highest BCUT2D eigenvalue weighted by atomic mass is 32.1. The molecule has 1 aliphatic carbocycles. The van der Waals surface area contributed by atoms with Crippen molar-refractivity contribution in [3.63, 3.8) is 0 Å². The van der Waals surface area contributed by atoms with Crippen molar-refractivity contribution >= 4 is 28.2 Å². The number of anilines is 1. The van der Waals surface area contributed by atoms with Gasteiger partial charge in [0.15, 0.2) is 5.76 Å². The van der Waals surface area contributed by atoms with E-state index in [1.54, 1.807) is 18.2 Å². The summed E-state index contributed by atoms with van der Waals surface area (Å²) in [6.07, 6.45) is 7.10. The standard InChI is InChI=1S/C17H18N2O3S/c1-2-9-18-16(21)14-11-6-3-4-8-13(11)23-17(14)19-15(20)12-7-5-10-22-12/h2,5,7,10H,1,3-4,6,8-9H2,(H,18,21)(H,19,20). The summed E-state index contributed by atoms with van der Waals surface area (Å²) in [4.78, 5) is 25.9. The summed E-state index contributed by atoms with van der Waals surface area (Å²) in [5.74, 6) is -0.278. The molecule has 1 aliphatic rings. The Kier molecular flexibility index (Phi) is 4.62. The number of thiophene rings is 1. The van der Waals surface area contributed by atoms with Crippen LogP contribution in [0.25, 0.3) is 0 Å². The first-order valence-electron chi connectivity index (χ1n) is 7.59. The minimum absolute atomic E-state index is 0.168. The Labute approximate surface area is 138 Å². The van der Waals surface area contributed by atoms with E-state index >= 15 is 0 Å². The molecule has 0 spiro atoms. The number of nitrogens with one attached hydrogen (secondary N) is 2. The van der Waals surface area contributed by atoms with Crippen molar-refractivity contribution in [1.29, 1.82) is 0 Å². The van der Waals surface area contributed by atoms with E-state index in [-0.39, 0.29) is 17.6 Å². The SMILES string of the molecule is C=CCNC(=O)c1c(NC(=O)c2ccco2)sc2c1CCCC2. The third-order valence-electron chi connectivity index (χ3n) is 3.78. The average molecular weight is 330 g/mol. The molecule has 0 aliphatic heterocycles. The summed E-state index contributed by atoms with van der Waals surface area (Å²) in [6, 6.07) is 3.26. The number of aryl methyl sites for hydroxylation is 1. The smallest absolute Gasteiger partial charge is 0.291 e. The molecule has 0 atom stereocenters. The van der Waals surface area contributed by atoms with Gasteiger partial charge in [-0.25, -0.2) is 0 Å². The fraction of sp³-hybridized carbons (Fsp3) is 0.294. The molecule has 0 unspecified atom stereocenters. The number of hydrogen-bond acceptors (Lipinski definition) is 4. The van der Waals surface area contributed by atoms with Crippen LogP contribution >= 0.6 is 11.3 Å². The highest BCUT2D eigenvalue weighted by Crippen LogP contribution is 2.38. The molecule has 0 bridgehead atoms. The largest absolute Gasteiger partial charge is 0.459 e. The minimum Gasteiger partial charge on any atom is -0.459 e. The monoisotopic (exact) mass is 330 g/mol. The third-order valence-corrected chi connectivity index (χ3v) is 4.98. The van der Waals surface area contributed by atoms with E-state index in [0.717, 1.165) is 31.2 Å². The van der Waals surface area contributed by atoms with E-state index in [9.17, 15) is 9.59 Å². The first-order valence-corrected chi connectivity index (χ1v) is 8.41. The van der Waals surface area contributed by atoms with E-state index in [1.807, 2.05) is 0 Å². The number of carbonyl (C=O) groups is 2. The van der Waals surface area contributed by atoms with Crippen LogP contribution < -0.4 is 10.6 Å². The Morgan fingerprint density at radius 1 is 1.30 bits per heavy atom. The van der Waals surface area contributed by atoms with Gasteiger partial charge in [-0.15, -0.1) is 17.9 Å². The van der Waals surface area contributed by atoms with E-state index < -0.39 is 0 Å². The molecule has 5 nitrogen and oxygen atoms in total. The van der Waals surface area contributed by atoms with Crippen LogP contribution in [0.15, 0.2) is 35.5 Å². The molecule has 2 aromatic rings. The van der Waals surface area contributed by atoms with Gasteiger partial charge < -0.3 is 15.1 Å². The Bertz CT molecular complexity index is 731. The molecule has 0 fully saturated rings. The second-order valence-electron chi connectivity index (χ2n) is 5.35.